The van der Waals surface area contributed by atoms with E-state index in [-0.39, 0.29) is 5.76 Å². The third-order valence-corrected chi connectivity index (χ3v) is 2.40. The number of carbonyl (C=O) groups is 1. The van der Waals surface area contributed by atoms with Gasteiger partial charge in [0.25, 0.3) is 0 Å². The van der Waals surface area contributed by atoms with Gasteiger partial charge in [-0.25, -0.2) is 4.79 Å². The Morgan fingerprint density at radius 1 is 1.69 bits per heavy atom. The summed E-state index contributed by atoms with van der Waals surface area (Å²) in [5.74, 6) is -0.870. The quantitative estimate of drug-likeness (QED) is 0.747. The summed E-state index contributed by atoms with van der Waals surface area (Å²) in [6.07, 6.45) is 1.55. The van der Waals surface area contributed by atoms with E-state index in [1.165, 1.54) is 0 Å². The van der Waals surface area contributed by atoms with Crippen molar-refractivity contribution in [3.05, 3.63) is 23.2 Å². The Morgan fingerprint density at radius 2 is 2.46 bits per heavy atom. The zero-order chi connectivity index (χ0) is 9.42. The smallest absolute Gasteiger partial charge is 0.372 e. The lowest BCUT2D eigenvalue weighted by atomic mass is 10.2. The third kappa shape index (κ3) is 1.23. The van der Waals surface area contributed by atoms with E-state index in [1.54, 1.807) is 6.26 Å². The van der Waals surface area contributed by atoms with E-state index < -0.39 is 5.97 Å². The van der Waals surface area contributed by atoms with Gasteiger partial charge in [0, 0.05) is 24.2 Å². The molecule has 1 aromatic heterocycles. The number of fused-ring (bicyclic) bond motifs is 1. The van der Waals surface area contributed by atoms with Gasteiger partial charge in [-0.15, -0.1) is 0 Å². The third-order valence-electron chi connectivity index (χ3n) is 2.40. The number of carboxylic acids is 1. The number of hydrogen-bond donors (Lipinski definition) is 1. The molecule has 0 fully saturated rings. The van der Waals surface area contributed by atoms with Crippen molar-refractivity contribution < 1.29 is 14.3 Å². The van der Waals surface area contributed by atoms with Crippen molar-refractivity contribution in [2.24, 2.45) is 0 Å². The molecule has 1 N–H and O–H groups in total. The average Bonchev–Trinajstić information content (AvgIpc) is 2.59. The van der Waals surface area contributed by atoms with Gasteiger partial charge in [0.1, 0.15) is 0 Å². The topological polar surface area (TPSA) is 53.7 Å². The fourth-order valence-electron chi connectivity index (χ4n) is 1.65. The highest BCUT2D eigenvalue weighted by Gasteiger charge is 2.26. The Labute approximate surface area is 75.8 Å². The minimum atomic E-state index is -0.973. The van der Waals surface area contributed by atoms with Crippen LogP contribution >= 0.6 is 0 Å². The lowest BCUT2D eigenvalue weighted by molar-refractivity contribution is 0.0659. The highest BCUT2D eigenvalue weighted by molar-refractivity contribution is 5.86. The number of furan rings is 1. The SMILES string of the molecule is CCN1Cc2coc(C(=O)O)c2C1. The first-order valence-corrected chi connectivity index (χ1v) is 4.27. The summed E-state index contributed by atoms with van der Waals surface area (Å²) in [7, 11) is 0. The molecule has 2 rings (SSSR count). The molecule has 0 spiro atoms. The number of hydrogen-bond acceptors (Lipinski definition) is 3. The van der Waals surface area contributed by atoms with Crippen molar-refractivity contribution in [1.29, 1.82) is 0 Å². The van der Waals surface area contributed by atoms with Gasteiger partial charge < -0.3 is 9.52 Å². The minimum Gasteiger partial charge on any atom is -0.475 e. The van der Waals surface area contributed by atoms with Gasteiger partial charge in [-0.2, -0.15) is 0 Å². The van der Waals surface area contributed by atoms with Gasteiger partial charge >= 0.3 is 5.97 Å². The van der Waals surface area contributed by atoms with E-state index in [2.05, 4.69) is 11.8 Å². The number of carboxylic acid groups (broad SMARTS) is 1. The molecule has 2 heterocycles. The Bertz CT molecular complexity index is 343. The number of rotatable bonds is 2. The van der Waals surface area contributed by atoms with Crippen molar-refractivity contribution >= 4 is 5.97 Å². The molecule has 1 aromatic rings. The van der Waals surface area contributed by atoms with E-state index in [9.17, 15) is 4.79 Å². The van der Waals surface area contributed by atoms with E-state index in [4.69, 9.17) is 9.52 Å². The van der Waals surface area contributed by atoms with Crippen molar-refractivity contribution in [3.63, 3.8) is 0 Å². The first-order valence-electron chi connectivity index (χ1n) is 4.27. The van der Waals surface area contributed by atoms with Crippen molar-refractivity contribution in [2.75, 3.05) is 6.54 Å². The first-order chi connectivity index (χ1) is 6.22. The van der Waals surface area contributed by atoms with Crippen LogP contribution in [0.2, 0.25) is 0 Å². The van der Waals surface area contributed by atoms with Crippen molar-refractivity contribution in [1.82, 2.24) is 4.90 Å². The zero-order valence-electron chi connectivity index (χ0n) is 7.41. The van der Waals surface area contributed by atoms with Gasteiger partial charge in [0.05, 0.1) is 6.26 Å². The van der Waals surface area contributed by atoms with Crippen molar-refractivity contribution in [3.8, 4) is 0 Å². The molecule has 70 valence electrons. The van der Waals surface area contributed by atoms with Crippen LogP contribution in [-0.2, 0) is 13.1 Å². The van der Waals surface area contributed by atoms with Crippen LogP contribution in [0.4, 0.5) is 0 Å². The molecular weight excluding hydrogens is 170 g/mol. The van der Waals surface area contributed by atoms with Crippen LogP contribution in [0.15, 0.2) is 10.7 Å². The van der Waals surface area contributed by atoms with E-state index >= 15 is 0 Å². The zero-order valence-corrected chi connectivity index (χ0v) is 7.41. The van der Waals surface area contributed by atoms with Gasteiger partial charge in [-0.3, -0.25) is 4.90 Å². The molecule has 0 bridgehead atoms. The van der Waals surface area contributed by atoms with Crippen LogP contribution in [0.1, 0.15) is 28.6 Å². The van der Waals surface area contributed by atoms with Crippen LogP contribution in [0.5, 0.6) is 0 Å². The molecule has 13 heavy (non-hydrogen) atoms. The second kappa shape index (κ2) is 2.88. The molecule has 4 nitrogen and oxygen atoms in total. The summed E-state index contributed by atoms with van der Waals surface area (Å²) >= 11 is 0. The molecule has 0 saturated carbocycles. The molecule has 1 aliphatic rings. The highest BCUT2D eigenvalue weighted by Crippen LogP contribution is 2.27. The molecule has 0 aromatic carbocycles. The number of nitrogens with zero attached hydrogens (tertiary/aromatic N) is 1. The summed E-state index contributed by atoms with van der Waals surface area (Å²) in [4.78, 5) is 12.9. The lowest BCUT2D eigenvalue weighted by Crippen LogP contribution is -2.15. The predicted molar refractivity (Wildman–Crippen MR) is 45.5 cm³/mol. The fraction of sp³-hybridized carbons (Fsp3) is 0.444. The maximum atomic E-state index is 10.7. The summed E-state index contributed by atoms with van der Waals surface area (Å²) in [5, 5.41) is 8.78. The molecule has 0 atom stereocenters. The number of aromatic carboxylic acids is 1. The van der Waals surface area contributed by atoms with E-state index in [1.807, 2.05) is 0 Å². The lowest BCUT2D eigenvalue weighted by Gasteiger charge is -2.10. The average molecular weight is 181 g/mol. The monoisotopic (exact) mass is 181 g/mol. The van der Waals surface area contributed by atoms with Gasteiger partial charge in [0.15, 0.2) is 0 Å². The summed E-state index contributed by atoms with van der Waals surface area (Å²) in [6, 6.07) is 0. The molecule has 4 heteroatoms. The van der Waals surface area contributed by atoms with Gasteiger partial charge in [-0.05, 0) is 6.54 Å². The summed E-state index contributed by atoms with van der Waals surface area (Å²) in [6.45, 7) is 4.50. The minimum absolute atomic E-state index is 0.103. The van der Waals surface area contributed by atoms with E-state index in [0.717, 1.165) is 24.2 Å². The summed E-state index contributed by atoms with van der Waals surface area (Å²) in [5.41, 5.74) is 1.86. The van der Waals surface area contributed by atoms with Gasteiger partial charge in [0.2, 0.25) is 5.76 Å². The van der Waals surface area contributed by atoms with Crippen LogP contribution < -0.4 is 0 Å². The second-order valence-corrected chi connectivity index (χ2v) is 3.18. The molecule has 0 aliphatic carbocycles. The molecule has 0 unspecified atom stereocenters. The van der Waals surface area contributed by atoms with Crippen LogP contribution in [0.25, 0.3) is 0 Å². The van der Waals surface area contributed by atoms with Gasteiger partial charge in [-0.1, -0.05) is 6.92 Å². The summed E-state index contributed by atoms with van der Waals surface area (Å²) < 4.78 is 4.97. The molecule has 0 amide bonds. The molecule has 0 saturated heterocycles. The molecule has 1 aliphatic heterocycles. The van der Waals surface area contributed by atoms with Crippen molar-refractivity contribution in [2.45, 2.75) is 20.0 Å². The fourth-order valence-corrected chi connectivity index (χ4v) is 1.65. The largest absolute Gasteiger partial charge is 0.475 e. The maximum Gasteiger partial charge on any atom is 0.372 e. The predicted octanol–water partition coefficient (Wildman–Crippen LogP) is 1.31. The van der Waals surface area contributed by atoms with E-state index in [0.29, 0.717) is 6.54 Å². The van der Waals surface area contributed by atoms with Crippen LogP contribution in [0, 0.1) is 0 Å². The molecular formula is C9H11NO3. The maximum absolute atomic E-state index is 10.7. The molecule has 0 radical (unpaired) electrons. The normalized spacial score (nSPS) is 16.1. The Morgan fingerprint density at radius 3 is 3.08 bits per heavy atom. The Kier molecular flexibility index (Phi) is 1.84. The second-order valence-electron chi connectivity index (χ2n) is 3.18. The Balaban J connectivity index is 2.32. The van der Waals surface area contributed by atoms with Crippen LogP contribution in [-0.4, -0.2) is 22.5 Å². The van der Waals surface area contributed by atoms with Crippen LogP contribution in [0.3, 0.4) is 0 Å². The highest BCUT2D eigenvalue weighted by atomic mass is 16.4. The standard InChI is InChI=1S/C9H11NO3/c1-2-10-3-6-5-13-8(9(11)12)7(6)4-10/h5H,2-4H2,1H3,(H,11,12). The first kappa shape index (κ1) is 8.31. The Hall–Kier alpha value is -1.29.